The highest BCUT2D eigenvalue weighted by Gasteiger charge is 2.35. The Bertz CT molecular complexity index is 461. The summed E-state index contributed by atoms with van der Waals surface area (Å²) in [7, 11) is -2.83. The summed E-state index contributed by atoms with van der Waals surface area (Å²) in [5.41, 5.74) is 0. The first kappa shape index (κ1) is 18.2. The summed E-state index contributed by atoms with van der Waals surface area (Å²) in [4.78, 5) is 12.5. The van der Waals surface area contributed by atoms with Crippen LogP contribution in [0.2, 0.25) is 0 Å². The number of alkyl halides is 3. The van der Waals surface area contributed by atoms with Crippen molar-refractivity contribution in [1.29, 1.82) is 0 Å². The van der Waals surface area contributed by atoms with Crippen molar-refractivity contribution < 1.29 is 31.1 Å². The summed E-state index contributed by atoms with van der Waals surface area (Å²) in [5, 5.41) is -0.852. The molecule has 0 bridgehead atoms. The molecule has 0 aromatic carbocycles. The van der Waals surface area contributed by atoms with Gasteiger partial charge in [0.05, 0.1) is 19.2 Å². The average Bonchev–Trinajstić information content (AvgIpc) is 2.36. The van der Waals surface area contributed by atoms with Crippen molar-refractivity contribution in [2.75, 3.05) is 26.8 Å². The zero-order valence-electron chi connectivity index (χ0n) is 11.8. The molecule has 0 aliphatic carbocycles. The van der Waals surface area contributed by atoms with Gasteiger partial charge in [-0.05, 0) is 26.8 Å². The number of nitrogens with zero attached hydrogens (tertiary/aromatic N) is 1. The van der Waals surface area contributed by atoms with Gasteiger partial charge >= 0.3 is 6.18 Å². The minimum Gasteiger partial charge on any atom is -0.380 e. The van der Waals surface area contributed by atoms with Gasteiger partial charge in [-0.2, -0.15) is 13.2 Å². The van der Waals surface area contributed by atoms with Crippen molar-refractivity contribution in [2.24, 2.45) is 0 Å². The number of carbonyl (C=O) groups excluding carboxylic acids is 1. The molecule has 6 nitrogen and oxygen atoms in total. The van der Waals surface area contributed by atoms with E-state index in [0.29, 0.717) is 19.4 Å². The van der Waals surface area contributed by atoms with Gasteiger partial charge in [0.15, 0.2) is 0 Å². The van der Waals surface area contributed by atoms with Gasteiger partial charge in [0.1, 0.15) is 5.25 Å². The smallest absolute Gasteiger partial charge is 0.380 e. The number of sulfonamides is 1. The first-order valence-electron chi connectivity index (χ1n) is 6.43. The molecule has 1 fully saturated rings. The van der Waals surface area contributed by atoms with E-state index in [-0.39, 0.29) is 6.61 Å². The average molecular weight is 332 g/mol. The first-order valence-corrected chi connectivity index (χ1v) is 7.98. The third kappa shape index (κ3) is 5.79. The van der Waals surface area contributed by atoms with E-state index >= 15 is 0 Å². The Labute approximate surface area is 121 Å². The number of hydrogen-bond acceptors (Lipinski definition) is 5. The van der Waals surface area contributed by atoms with Crippen LogP contribution in [-0.4, -0.2) is 63.5 Å². The van der Waals surface area contributed by atoms with Gasteiger partial charge in [-0.1, -0.05) is 0 Å². The van der Waals surface area contributed by atoms with E-state index in [4.69, 9.17) is 4.74 Å². The summed E-state index contributed by atoms with van der Waals surface area (Å²) >= 11 is 0. The van der Waals surface area contributed by atoms with Crippen molar-refractivity contribution >= 4 is 15.9 Å². The minimum atomic E-state index is -4.46. The SMILES string of the molecule is CC(C(=O)NS(=O)(=O)C1CCCOC1)N(C)CC(F)(F)F. The predicted octanol–water partition coefficient (Wildman–Crippen LogP) is 0.494. The molecule has 0 saturated carbocycles. The second-order valence-electron chi connectivity index (χ2n) is 5.06. The molecule has 10 heteroatoms. The van der Waals surface area contributed by atoms with Gasteiger partial charge < -0.3 is 4.74 Å². The molecule has 21 heavy (non-hydrogen) atoms. The van der Waals surface area contributed by atoms with Crippen LogP contribution in [0.3, 0.4) is 0 Å². The van der Waals surface area contributed by atoms with Gasteiger partial charge in [-0.15, -0.1) is 0 Å². The van der Waals surface area contributed by atoms with Crippen LogP contribution in [0.1, 0.15) is 19.8 Å². The second-order valence-corrected chi connectivity index (χ2v) is 7.02. The van der Waals surface area contributed by atoms with Crippen molar-refractivity contribution in [3.8, 4) is 0 Å². The number of nitrogens with one attached hydrogen (secondary N) is 1. The fourth-order valence-electron chi connectivity index (χ4n) is 1.88. The van der Waals surface area contributed by atoms with Gasteiger partial charge in [0.25, 0.3) is 0 Å². The molecular formula is C11H19F3N2O4S. The Morgan fingerprint density at radius 2 is 2.10 bits per heavy atom. The van der Waals surface area contributed by atoms with E-state index in [1.165, 1.54) is 6.92 Å². The molecule has 1 aliphatic rings. The lowest BCUT2D eigenvalue weighted by atomic mass is 10.2. The Hall–Kier alpha value is -0.870. The van der Waals surface area contributed by atoms with E-state index in [0.717, 1.165) is 11.9 Å². The fraction of sp³-hybridized carbons (Fsp3) is 0.909. The highest BCUT2D eigenvalue weighted by molar-refractivity contribution is 7.90. The molecule has 124 valence electrons. The lowest BCUT2D eigenvalue weighted by Gasteiger charge is -2.26. The van der Waals surface area contributed by atoms with Gasteiger partial charge in [-0.3, -0.25) is 14.4 Å². The molecule has 2 atom stereocenters. The zero-order chi connectivity index (χ0) is 16.3. The maximum atomic E-state index is 12.3. The number of likely N-dealkylation sites (N-methyl/N-ethyl adjacent to an activating group) is 1. The molecule has 0 aromatic rings. The summed E-state index contributed by atoms with van der Waals surface area (Å²) < 4.78 is 67.5. The van der Waals surface area contributed by atoms with E-state index in [2.05, 4.69) is 0 Å². The zero-order valence-corrected chi connectivity index (χ0v) is 12.6. The molecule has 1 rings (SSSR count). The number of ether oxygens (including phenoxy) is 1. The summed E-state index contributed by atoms with van der Waals surface area (Å²) in [5.74, 6) is -0.979. The van der Waals surface area contributed by atoms with Crippen LogP contribution in [0.4, 0.5) is 13.2 Å². The topological polar surface area (TPSA) is 75.7 Å². The van der Waals surface area contributed by atoms with Crippen LogP contribution in [0.25, 0.3) is 0 Å². The lowest BCUT2D eigenvalue weighted by molar-refractivity contribution is -0.150. The minimum absolute atomic E-state index is 0.0185. The maximum Gasteiger partial charge on any atom is 0.401 e. The van der Waals surface area contributed by atoms with Crippen LogP contribution in [0.5, 0.6) is 0 Å². The van der Waals surface area contributed by atoms with Crippen molar-refractivity contribution in [1.82, 2.24) is 9.62 Å². The molecule has 0 spiro atoms. The van der Waals surface area contributed by atoms with Gasteiger partial charge in [-0.25, -0.2) is 8.42 Å². The molecule has 0 aromatic heterocycles. The number of amides is 1. The van der Waals surface area contributed by atoms with Crippen molar-refractivity contribution in [3.05, 3.63) is 0 Å². The summed E-state index contributed by atoms with van der Waals surface area (Å²) in [6.07, 6.45) is -3.54. The summed E-state index contributed by atoms with van der Waals surface area (Å²) in [6, 6.07) is -1.22. The molecule has 1 aliphatic heterocycles. The molecule has 1 amide bonds. The van der Waals surface area contributed by atoms with E-state index in [1.54, 1.807) is 0 Å². The van der Waals surface area contributed by atoms with Crippen molar-refractivity contribution in [2.45, 2.75) is 37.2 Å². The van der Waals surface area contributed by atoms with Crippen LogP contribution < -0.4 is 4.72 Å². The standard InChI is InChI=1S/C11H19F3N2O4S/c1-8(16(2)7-11(12,13)14)10(17)15-21(18,19)9-4-3-5-20-6-9/h8-9H,3-7H2,1-2H3,(H,15,17). The molecule has 0 radical (unpaired) electrons. The number of halogens is 3. The number of hydrogen-bond donors (Lipinski definition) is 1. The normalized spacial score (nSPS) is 22.1. The number of carbonyl (C=O) groups is 1. The molecule has 1 heterocycles. The van der Waals surface area contributed by atoms with Gasteiger partial charge in [0, 0.05) is 6.61 Å². The molecular weight excluding hydrogens is 313 g/mol. The third-order valence-corrected chi connectivity index (χ3v) is 5.00. The fourth-order valence-corrected chi connectivity index (χ4v) is 3.25. The van der Waals surface area contributed by atoms with Crippen molar-refractivity contribution in [3.63, 3.8) is 0 Å². The highest BCUT2D eigenvalue weighted by Crippen LogP contribution is 2.17. The van der Waals surface area contributed by atoms with Crippen LogP contribution in [-0.2, 0) is 19.6 Å². The predicted molar refractivity (Wildman–Crippen MR) is 69.1 cm³/mol. The van der Waals surface area contributed by atoms with E-state index in [9.17, 15) is 26.4 Å². The molecule has 2 unspecified atom stereocenters. The van der Waals surface area contributed by atoms with Crippen LogP contribution in [0, 0.1) is 0 Å². The second kappa shape index (κ2) is 6.93. The Balaban J connectivity index is 2.62. The van der Waals surface area contributed by atoms with Crippen LogP contribution in [0.15, 0.2) is 0 Å². The Morgan fingerprint density at radius 1 is 1.48 bits per heavy atom. The first-order chi connectivity index (χ1) is 9.53. The largest absolute Gasteiger partial charge is 0.401 e. The quantitative estimate of drug-likeness (QED) is 0.793. The maximum absolute atomic E-state index is 12.3. The molecule has 1 N–H and O–H groups in total. The monoisotopic (exact) mass is 332 g/mol. The Kier molecular flexibility index (Phi) is 6.00. The number of rotatable bonds is 5. The van der Waals surface area contributed by atoms with E-state index in [1.807, 2.05) is 4.72 Å². The lowest BCUT2D eigenvalue weighted by Crippen LogP contribution is -2.50. The van der Waals surface area contributed by atoms with Gasteiger partial charge in [0.2, 0.25) is 15.9 Å². The van der Waals surface area contributed by atoms with E-state index < -0.39 is 39.9 Å². The third-order valence-electron chi connectivity index (χ3n) is 3.27. The Morgan fingerprint density at radius 3 is 2.57 bits per heavy atom. The van der Waals surface area contributed by atoms with Crippen LogP contribution >= 0.6 is 0 Å². The summed E-state index contributed by atoms with van der Waals surface area (Å²) in [6.45, 7) is 0.363. The molecule has 1 saturated heterocycles. The highest BCUT2D eigenvalue weighted by atomic mass is 32.2.